The summed E-state index contributed by atoms with van der Waals surface area (Å²) < 4.78 is 5.87. The molecule has 0 aliphatic heterocycles. The van der Waals surface area contributed by atoms with E-state index in [2.05, 4.69) is 13.3 Å². The van der Waals surface area contributed by atoms with Crippen LogP contribution in [0.5, 0.6) is 0 Å². The normalized spacial score (nSPS) is 18.2. The SMILES string of the molecule is CCCCCCCCOC1CC[CH]CC1. The van der Waals surface area contributed by atoms with Gasteiger partial charge in [0.25, 0.3) is 0 Å². The molecule has 1 aliphatic rings. The summed E-state index contributed by atoms with van der Waals surface area (Å²) in [6.45, 7) is 3.26. The van der Waals surface area contributed by atoms with Gasteiger partial charge in [-0.3, -0.25) is 0 Å². The van der Waals surface area contributed by atoms with E-state index >= 15 is 0 Å². The number of unbranched alkanes of at least 4 members (excludes halogenated alkanes) is 5. The zero-order chi connectivity index (χ0) is 10.8. The van der Waals surface area contributed by atoms with Gasteiger partial charge in [0.1, 0.15) is 0 Å². The lowest BCUT2D eigenvalue weighted by Crippen LogP contribution is -2.17. The molecule has 0 saturated heterocycles. The molecule has 1 nitrogen and oxygen atoms in total. The minimum Gasteiger partial charge on any atom is -0.378 e. The zero-order valence-corrected chi connectivity index (χ0v) is 10.3. The fraction of sp³-hybridized carbons (Fsp3) is 0.929. The van der Waals surface area contributed by atoms with Crippen LogP contribution in [0.25, 0.3) is 0 Å². The predicted octanol–water partition coefficient (Wildman–Crippen LogP) is 4.51. The topological polar surface area (TPSA) is 9.23 Å². The maximum absolute atomic E-state index is 5.87. The van der Waals surface area contributed by atoms with Crippen LogP contribution in [0.2, 0.25) is 0 Å². The van der Waals surface area contributed by atoms with E-state index < -0.39 is 0 Å². The largest absolute Gasteiger partial charge is 0.378 e. The van der Waals surface area contributed by atoms with Gasteiger partial charge in [0.2, 0.25) is 0 Å². The van der Waals surface area contributed by atoms with Gasteiger partial charge in [-0.25, -0.2) is 0 Å². The first kappa shape index (κ1) is 13.0. The first-order valence-electron chi connectivity index (χ1n) is 6.86. The molecule has 0 aromatic rings. The molecule has 0 aromatic heterocycles. The van der Waals surface area contributed by atoms with Crippen molar-refractivity contribution in [3.63, 3.8) is 0 Å². The Balaban J connectivity index is 1.79. The lowest BCUT2D eigenvalue weighted by Gasteiger charge is -2.21. The Hall–Kier alpha value is -0.0400. The van der Waals surface area contributed by atoms with Crippen molar-refractivity contribution in [2.45, 2.75) is 77.2 Å². The molecular weight excluding hydrogens is 184 g/mol. The van der Waals surface area contributed by atoms with Crippen LogP contribution in [0.3, 0.4) is 0 Å². The van der Waals surface area contributed by atoms with Crippen LogP contribution >= 0.6 is 0 Å². The molecule has 1 fully saturated rings. The third-order valence-corrected chi connectivity index (χ3v) is 3.24. The van der Waals surface area contributed by atoms with Gasteiger partial charge in [0.15, 0.2) is 0 Å². The summed E-state index contributed by atoms with van der Waals surface area (Å²) in [6, 6.07) is 0. The molecule has 89 valence electrons. The van der Waals surface area contributed by atoms with E-state index in [0.29, 0.717) is 6.10 Å². The first-order chi connectivity index (χ1) is 7.43. The van der Waals surface area contributed by atoms with Crippen molar-refractivity contribution in [3.8, 4) is 0 Å². The molecule has 1 heteroatoms. The molecule has 0 amide bonds. The Morgan fingerprint density at radius 1 is 1.00 bits per heavy atom. The minimum atomic E-state index is 0.575. The molecule has 1 aliphatic carbocycles. The van der Waals surface area contributed by atoms with E-state index in [0.717, 1.165) is 6.61 Å². The Kier molecular flexibility index (Phi) is 7.99. The Labute approximate surface area is 95.6 Å². The Bertz CT molecular complexity index is 127. The highest BCUT2D eigenvalue weighted by Gasteiger charge is 2.12. The van der Waals surface area contributed by atoms with Crippen LogP contribution in [0.4, 0.5) is 0 Å². The summed E-state index contributed by atoms with van der Waals surface area (Å²) in [6.07, 6.45) is 16.2. The number of hydrogen-bond donors (Lipinski definition) is 0. The predicted molar refractivity (Wildman–Crippen MR) is 65.9 cm³/mol. The van der Waals surface area contributed by atoms with Crippen molar-refractivity contribution < 1.29 is 4.74 Å². The molecule has 1 rings (SSSR count). The van der Waals surface area contributed by atoms with E-state index in [1.165, 1.54) is 64.2 Å². The fourth-order valence-corrected chi connectivity index (χ4v) is 2.20. The summed E-state index contributed by atoms with van der Waals surface area (Å²) in [5.74, 6) is 0. The van der Waals surface area contributed by atoms with E-state index in [1.807, 2.05) is 0 Å². The highest BCUT2D eigenvalue weighted by atomic mass is 16.5. The summed E-state index contributed by atoms with van der Waals surface area (Å²) in [5, 5.41) is 0. The van der Waals surface area contributed by atoms with E-state index in [1.54, 1.807) is 0 Å². The third kappa shape index (κ3) is 6.94. The van der Waals surface area contributed by atoms with Crippen LogP contribution < -0.4 is 0 Å². The quantitative estimate of drug-likeness (QED) is 0.537. The fourth-order valence-electron chi connectivity index (χ4n) is 2.20. The lowest BCUT2D eigenvalue weighted by molar-refractivity contribution is 0.0326. The van der Waals surface area contributed by atoms with E-state index in [-0.39, 0.29) is 0 Å². The molecular formula is C14H27O. The van der Waals surface area contributed by atoms with Gasteiger partial charge in [-0.05, 0) is 38.5 Å². The molecule has 0 aromatic carbocycles. The average Bonchev–Trinajstić information content (AvgIpc) is 2.29. The first-order valence-corrected chi connectivity index (χ1v) is 6.86. The van der Waals surface area contributed by atoms with Crippen molar-refractivity contribution >= 4 is 0 Å². The van der Waals surface area contributed by atoms with Crippen molar-refractivity contribution in [1.29, 1.82) is 0 Å². The van der Waals surface area contributed by atoms with Crippen molar-refractivity contribution in [2.75, 3.05) is 6.61 Å². The van der Waals surface area contributed by atoms with Gasteiger partial charge >= 0.3 is 0 Å². The molecule has 0 atom stereocenters. The van der Waals surface area contributed by atoms with Gasteiger partial charge in [-0.1, -0.05) is 39.0 Å². The summed E-state index contributed by atoms with van der Waals surface area (Å²) >= 11 is 0. The molecule has 15 heavy (non-hydrogen) atoms. The average molecular weight is 211 g/mol. The van der Waals surface area contributed by atoms with Gasteiger partial charge < -0.3 is 4.74 Å². The molecule has 0 unspecified atom stereocenters. The molecule has 0 spiro atoms. The van der Waals surface area contributed by atoms with E-state index in [4.69, 9.17) is 4.74 Å². The van der Waals surface area contributed by atoms with Gasteiger partial charge in [0, 0.05) is 6.61 Å². The molecule has 0 heterocycles. The highest BCUT2D eigenvalue weighted by Crippen LogP contribution is 2.19. The number of rotatable bonds is 8. The Morgan fingerprint density at radius 3 is 2.40 bits per heavy atom. The van der Waals surface area contributed by atoms with Crippen molar-refractivity contribution in [1.82, 2.24) is 0 Å². The second kappa shape index (κ2) is 9.21. The summed E-state index contributed by atoms with van der Waals surface area (Å²) in [7, 11) is 0. The van der Waals surface area contributed by atoms with Crippen LogP contribution in [-0.4, -0.2) is 12.7 Å². The van der Waals surface area contributed by atoms with Crippen molar-refractivity contribution in [3.05, 3.63) is 6.42 Å². The second-order valence-electron chi connectivity index (χ2n) is 4.70. The highest BCUT2D eigenvalue weighted by molar-refractivity contribution is 4.76. The monoisotopic (exact) mass is 211 g/mol. The Morgan fingerprint density at radius 2 is 1.67 bits per heavy atom. The van der Waals surface area contributed by atoms with Gasteiger partial charge in [-0.15, -0.1) is 0 Å². The molecule has 1 saturated carbocycles. The maximum Gasteiger partial charge on any atom is 0.0575 e. The standard InChI is InChI=1S/C14H27O/c1-2-3-4-5-6-10-13-15-14-11-8-7-9-12-14/h7,14H,2-6,8-13H2,1H3. The molecule has 1 radical (unpaired) electrons. The van der Waals surface area contributed by atoms with Crippen LogP contribution in [0, 0.1) is 6.42 Å². The number of ether oxygens (including phenoxy) is 1. The second-order valence-corrected chi connectivity index (χ2v) is 4.70. The van der Waals surface area contributed by atoms with Crippen molar-refractivity contribution in [2.24, 2.45) is 0 Å². The molecule has 0 bridgehead atoms. The van der Waals surface area contributed by atoms with Crippen LogP contribution in [0.1, 0.15) is 71.1 Å². The van der Waals surface area contributed by atoms with Crippen LogP contribution in [0.15, 0.2) is 0 Å². The minimum absolute atomic E-state index is 0.575. The lowest BCUT2D eigenvalue weighted by atomic mass is 9.98. The maximum atomic E-state index is 5.87. The zero-order valence-electron chi connectivity index (χ0n) is 10.3. The van der Waals surface area contributed by atoms with Crippen LogP contribution in [-0.2, 0) is 4.74 Å². The number of hydrogen-bond acceptors (Lipinski definition) is 1. The third-order valence-electron chi connectivity index (χ3n) is 3.24. The summed E-state index contributed by atoms with van der Waals surface area (Å²) in [4.78, 5) is 0. The van der Waals surface area contributed by atoms with Gasteiger partial charge in [-0.2, -0.15) is 0 Å². The smallest absolute Gasteiger partial charge is 0.0575 e. The van der Waals surface area contributed by atoms with Gasteiger partial charge in [0.05, 0.1) is 6.10 Å². The summed E-state index contributed by atoms with van der Waals surface area (Å²) in [5.41, 5.74) is 0. The van der Waals surface area contributed by atoms with E-state index in [9.17, 15) is 0 Å². The molecule has 0 N–H and O–H groups in total.